The Morgan fingerprint density at radius 3 is 2.46 bits per heavy atom. The molecule has 0 unspecified atom stereocenters. The fourth-order valence-electron chi connectivity index (χ4n) is 4.25. The number of alkyl carbamates (subject to hydrolysis) is 1. The average molecular weight is 507 g/mol. The van der Waals surface area contributed by atoms with E-state index in [1.807, 2.05) is 36.4 Å². The predicted octanol–water partition coefficient (Wildman–Crippen LogP) is 3.41. The molecule has 1 atom stereocenters. The highest BCUT2D eigenvalue weighted by Gasteiger charge is 2.43. The molecular formula is C27H30N4O6. The second-order valence-electron chi connectivity index (χ2n) is 10.1. The van der Waals surface area contributed by atoms with Gasteiger partial charge in [0.2, 0.25) is 5.91 Å². The van der Waals surface area contributed by atoms with Crippen LogP contribution in [0.15, 0.2) is 51.7 Å². The largest absolute Gasteiger partial charge is 0.444 e. The van der Waals surface area contributed by atoms with Crippen molar-refractivity contribution in [1.82, 2.24) is 15.6 Å². The van der Waals surface area contributed by atoms with E-state index in [0.717, 1.165) is 16.7 Å². The first-order chi connectivity index (χ1) is 17.6. The van der Waals surface area contributed by atoms with Crippen LogP contribution in [0.4, 0.5) is 4.79 Å². The van der Waals surface area contributed by atoms with Crippen LogP contribution in [0, 0.1) is 11.3 Å². The maximum absolute atomic E-state index is 13.3. The van der Waals surface area contributed by atoms with Crippen molar-refractivity contribution >= 4 is 23.1 Å². The first-order valence-electron chi connectivity index (χ1n) is 12.1. The highest BCUT2D eigenvalue weighted by Crippen LogP contribution is 2.25. The van der Waals surface area contributed by atoms with E-state index in [1.165, 1.54) is 0 Å². The van der Waals surface area contributed by atoms with Gasteiger partial charge in [-0.15, -0.1) is 0 Å². The molecular weight excluding hydrogens is 476 g/mol. The molecule has 1 aliphatic rings. The summed E-state index contributed by atoms with van der Waals surface area (Å²) in [6.45, 7) is 5.85. The van der Waals surface area contributed by atoms with Gasteiger partial charge in [-0.2, -0.15) is 5.26 Å². The lowest BCUT2D eigenvalue weighted by Gasteiger charge is -2.37. The number of hydrogen-bond donors (Lipinski definition) is 3. The Kier molecular flexibility index (Phi) is 7.36. The first kappa shape index (κ1) is 26.0. The number of hydrogen-bond acceptors (Lipinski definition) is 7. The molecule has 2 amide bonds. The Labute approximate surface area is 213 Å². The average Bonchev–Trinajstić information content (AvgIpc) is 3.22. The van der Waals surface area contributed by atoms with E-state index in [-0.39, 0.29) is 19.3 Å². The number of fused-ring (bicyclic) bond motifs is 1. The van der Waals surface area contributed by atoms with Crippen molar-refractivity contribution in [2.75, 3.05) is 13.2 Å². The molecule has 0 aliphatic carbocycles. The fourth-order valence-corrected chi connectivity index (χ4v) is 4.25. The van der Waals surface area contributed by atoms with E-state index >= 15 is 0 Å². The minimum Gasteiger partial charge on any atom is -0.444 e. The standard InChI is InChI=1S/C27H30N4O6/c1-26(2,3)37-25(34)31-27(10-12-35-13-11-27)23(32)29-20(16-28)14-17-4-6-18(7-5-17)19-8-9-22-21(15-19)30-24(33)36-22/h4-9,15,20H,10-14H2,1-3H3,(H,29,32)(H,30,33)(H,31,34)/t20-/m0/s1. The molecule has 0 saturated carbocycles. The zero-order chi connectivity index (χ0) is 26.6. The number of nitrogens with zero attached hydrogens (tertiary/aromatic N) is 1. The monoisotopic (exact) mass is 506 g/mol. The molecule has 10 heteroatoms. The number of aromatic nitrogens is 1. The molecule has 37 heavy (non-hydrogen) atoms. The number of carbonyl (C=O) groups excluding carboxylic acids is 2. The molecule has 1 saturated heterocycles. The molecule has 194 valence electrons. The Morgan fingerprint density at radius 2 is 1.81 bits per heavy atom. The molecule has 1 fully saturated rings. The number of rotatable bonds is 6. The minimum atomic E-state index is -1.22. The molecule has 0 radical (unpaired) electrons. The Hall–Kier alpha value is -4.10. The number of nitriles is 1. The first-order valence-corrected chi connectivity index (χ1v) is 12.1. The number of benzene rings is 2. The third-order valence-corrected chi connectivity index (χ3v) is 6.13. The van der Waals surface area contributed by atoms with Gasteiger partial charge >= 0.3 is 11.8 Å². The molecule has 1 aliphatic heterocycles. The molecule has 1 aromatic heterocycles. The normalized spacial score (nSPS) is 15.9. The van der Waals surface area contributed by atoms with Crippen LogP contribution in [0.1, 0.15) is 39.2 Å². The number of carbonyl (C=O) groups is 2. The van der Waals surface area contributed by atoms with Gasteiger partial charge in [0.1, 0.15) is 17.2 Å². The van der Waals surface area contributed by atoms with E-state index in [4.69, 9.17) is 13.9 Å². The number of oxazole rings is 1. The fraction of sp³-hybridized carbons (Fsp3) is 0.407. The predicted molar refractivity (Wildman–Crippen MR) is 136 cm³/mol. The summed E-state index contributed by atoms with van der Waals surface area (Å²) in [6, 6.07) is 14.4. The third kappa shape index (κ3) is 6.37. The van der Waals surface area contributed by atoms with Crippen molar-refractivity contribution in [3.8, 4) is 17.2 Å². The summed E-state index contributed by atoms with van der Waals surface area (Å²) >= 11 is 0. The molecule has 0 spiro atoms. The smallest absolute Gasteiger partial charge is 0.417 e. The van der Waals surface area contributed by atoms with Gasteiger partial charge in [0.25, 0.3) is 0 Å². The topological polar surface area (TPSA) is 146 Å². The van der Waals surface area contributed by atoms with Crippen LogP contribution in [0.25, 0.3) is 22.2 Å². The van der Waals surface area contributed by atoms with Crippen molar-refractivity contribution in [1.29, 1.82) is 5.26 Å². The second kappa shape index (κ2) is 10.5. The van der Waals surface area contributed by atoms with Crippen LogP contribution in [-0.2, 0) is 20.7 Å². The van der Waals surface area contributed by atoms with Gasteiger partial charge in [-0.3, -0.25) is 9.78 Å². The number of amides is 2. The van der Waals surface area contributed by atoms with Crippen LogP contribution in [0.2, 0.25) is 0 Å². The van der Waals surface area contributed by atoms with Crippen molar-refractivity contribution in [3.63, 3.8) is 0 Å². The zero-order valence-electron chi connectivity index (χ0n) is 21.1. The maximum Gasteiger partial charge on any atom is 0.417 e. The van der Waals surface area contributed by atoms with Gasteiger partial charge < -0.3 is 24.5 Å². The molecule has 2 heterocycles. The summed E-state index contributed by atoms with van der Waals surface area (Å²) < 4.78 is 15.8. The highest BCUT2D eigenvalue weighted by atomic mass is 16.6. The SMILES string of the molecule is CC(C)(C)OC(=O)NC1(C(=O)N[C@H](C#N)Cc2ccc(-c3ccc4oc(=O)[nH]c4c3)cc2)CCOCC1. The lowest BCUT2D eigenvalue weighted by molar-refractivity contribution is -0.132. The van der Waals surface area contributed by atoms with Gasteiger partial charge in [0.05, 0.1) is 11.6 Å². The van der Waals surface area contributed by atoms with Gasteiger partial charge in [-0.25, -0.2) is 9.59 Å². The number of aromatic amines is 1. The van der Waals surface area contributed by atoms with Gasteiger partial charge in [0.15, 0.2) is 5.58 Å². The number of nitrogens with one attached hydrogen (secondary N) is 3. The Morgan fingerprint density at radius 1 is 1.14 bits per heavy atom. The highest BCUT2D eigenvalue weighted by molar-refractivity contribution is 5.90. The van der Waals surface area contributed by atoms with E-state index < -0.39 is 34.9 Å². The van der Waals surface area contributed by atoms with Crippen LogP contribution < -0.4 is 16.4 Å². The quantitative estimate of drug-likeness (QED) is 0.464. The third-order valence-electron chi connectivity index (χ3n) is 6.13. The maximum atomic E-state index is 13.3. The minimum absolute atomic E-state index is 0.275. The molecule has 4 rings (SSSR count). The number of ether oxygens (including phenoxy) is 2. The Balaban J connectivity index is 1.44. The van der Waals surface area contributed by atoms with Crippen LogP contribution in [0.5, 0.6) is 0 Å². The van der Waals surface area contributed by atoms with E-state index in [9.17, 15) is 19.6 Å². The molecule has 2 aromatic carbocycles. The van der Waals surface area contributed by atoms with E-state index in [1.54, 1.807) is 26.8 Å². The van der Waals surface area contributed by atoms with Crippen LogP contribution in [0.3, 0.4) is 0 Å². The zero-order valence-corrected chi connectivity index (χ0v) is 21.1. The molecule has 3 aromatic rings. The summed E-state index contributed by atoms with van der Waals surface area (Å²) in [6.07, 6.45) is 0.149. The number of H-pyrrole nitrogens is 1. The summed E-state index contributed by atoms with van der Waals surface area (Å²) in [5, 5.41) is 15.3. The molecule has 0 bridgehead atoms. The summed E-state index contributed by atoms with van der Waals surface area (Å²) in [5.74, 6) is -0.942. The van der Waals surface area contributed by atoms with E-state index in [0.29, 0.717) is 24.3 Å². The van der Waals surface area contributed by atoms with Crippen LogP contribution >= 0.6 is 0 Å². The summed E-state index contributed by atoms with van der Waals surface area (Å²) in [4.78, 5) is 39.8. The molecule has 3 N–H and O–H groups in total. The van der Waals surface area contributed by atoms with Gasteiger partial charge in [-0.1, -0.05) is 30.3 Å². The Bertz CT molecular complexity index is 1370. The molecule has 10 nitrogen and oxygen atoms in total. The summed E-state index contributed by atoms with van der Waals surface area (Å²) in [5.41, 5.74) is 1.85. The lowest BCUT2D eigenvalue weighted by Crippen LogP contribution is -2.63. The van der Waals surface area contributed by atoms with Crippen molar-refractivity contribution < 1.29 is 23.5 Å². The van der Waals surface area contributed by atoms with E-state index in [2.05, 4.69) is 21.7 Å². The van der Waals surface area contributed by atoms with Crippen molar-refractivity contribution in [2.45, 2.75) is 57.2 Å². The second-order valence-corrected chi connectivity index (χ2v) is 10.1. The lowest BCUT2D eigenvalue weighted by atomic mass is 9.88. The summed E-state index contributed by atoms with van der Waals surface area (Å²) in [7, 11) is 0. The van der Waals surface area contributed by atoms with Crippen molar-refractivity contribution in [3.05, 3.63) is 58.6 Å². The van der Waals surface area contributed by atoms with Crippen LogP contribution in [-0.4, -0.2) is 47.4 Å². The van der Waals surface area contributed by atoms with Gasteiger partial charge in [-0.05, 0) is 49.6 Å². The van der Waals surface area contributed by atoms with Gasteiger partial charge in [0, 0.05) is 32.5 Å². The van der Waals surface area contributed by atoms with Crippen molar-refractivity contribution in [2.24, 2.45) is 0 Å².